The number of barbiturate groups is 1. The second-order valence-corrected chi connectivity index (χ2v) is 7.65. The van der Waals surface area contributed by atoms with E-state index in [4.69, 9.17) is 0 Å². The number of rotatable bonds is 4. The Morgan fingerprint density at radius 1 is 0.879 bits per heavy atom. The Morgan fingerprint density at radius 2 is 1.64 bits per heavy atom. The molecule has 7 heteroatoms. The Hall–Kier alpha value is -4.52. The van der Waals surface area contributed by atoms with Crippen LogP contribution in [0.4, 0.5) is 14.9 Å². The number of carbonyl (C=O) groups excluding carboxylic acids is 3. The van der Waals surface area contributed by atoms with Gasteiger partial charge in [-0.2, -0.15) is 0 Å². The number of halogens is 1. The summed E-state index contributed by atoms with van der Waals surface area (Å²) in [6, 6.07) is 21.8. The number of benzene rings is 3. The summed E-state index contributed by atoms with van der Waals surface area (Å²) in [4.78, 5) is 38.8. The van der Waals surface area contributed by atoms with E-state index in [0.717, 1.165) is 27.4 Å². The predicted octanol–water partition coefficient (Wildman–Crippen LogP) is 4.50. The predicted molar refractivity (Wildman–Crippen MR) is 123 cm³/mol. The van der Waals surface area contributed by atoms with Gasteiger partial charge in [-0.05, 0) is 35.9 Å². The Bertz CT molecular complexity index is 1440. The standard InChI is InChI=1S/C26H18FN3O3/c27-19-9-6-10-20(14-19)30-25(32)22(24(31)28-26(30)33)13-18-16-29(15-17-7-2-1-3-8-17)23-12-5-4-11-21(18)23/h1-14,16H,15H2,(H,28,31,33). The molecule has 0 radical (unpaired) electrons. The highest BCUT2D eigenvalue weighted by Gasteiger charge is 2.37. The smallest absolute Gasteiger partial charge is 0.335 e. The molecule has 0 spiro atoms. The average molecular weight is 439 g/mol. The number of hydrogen-bond donors (Lipinski definition) is 1. The third-order valence-corrected chi connectivity index (χ3v) is 5.48. The van der Waals surface area contributed by atoms with Crippen molar-refractivity contribution >= 4 is 40.5 Å². The lowest BCUT2D eigenvalue weighted by Gasteiger charge is -2.26. The summed E-state index contributed by atoms with van der Waals surface area (Å²) in [6.45, 7) is 0.610. The van der Waals surface area contributed by atoms with E-state index in [1.54, 1.807) is 0 Å². The van der Waals surface area contributed by atoms with Crippen LogP contribution in [0.2, 0.25) is 0 Å². The minimum atomic E-state index is -0.917. The van der Waals surface area contributed by atoms with Crippen LogP contribution in [0.5, 0.6) is 0 Å². The van der Waals surface area contributed by atoms with Crippen molar-refractivity contribution in [3.8, 4) is 0 Å². The van der Waals surface area contributed by atoms with E-state index >= 15 is 0 Å². The third kappa shape index (κ3) is 3.80. The number of hydrogen-bond acceptors (Lipinski definition) is 3. The quantitative estimate of drug-likeness (QED) is 0.376. The number of para-hydroxylation sites is 1. The molecule has 162 valence electrons. The minimum absolute atomic E-state index is 0.0439. The van der Waals surface area contributed by atoms with Crippen LogP contribution < -0.4 is 10.2 Å². The van der Waals surface area contributed by atoms with Gasteiger partial charge in [0.15, 0.2) is 0 Å². The van der Waals surface area contributed by atoms with E-state index in [1.807, 2.05) is 65.4 Å². The van der Waals surface area contributed by atoms with Crippen molar-refractivity contribution in [2.24, 2.45) is 0 Å². The van der Waals surface area contributed by atoms with Crippen molar-refractivity contribution in [3.63, 3.8) is 0 Å². The molecule has 1 fully saturated rings. The highest BCUT2D eigenvalue weighted by atomic mass is 19.1. The van der Waals surface area contributed by atoms with Crippen molar-refractivity contribution < 1.29 is 18.8 Å². The molecule has 1 aliphatic rings. The van der Waals surface area contributed by atoms with Crippen LogP contribution in [0.25, 0.3) is 17.0 Å². The van der Waals surface area contributed by atoms with Gasteiger partial charge in [0.05, 0.1) is 5.69 Å². The maximum Gasteiger partial charge on any atom is 0.335 e. The highest BCUT2D eigenvalue weighted by molar-refractivity contribution is 6.39. The largest absolute Gasteiger partial charge is 0.342 e. The van der Waals surface area contributed by atoms with Crippen LogP contribution in [0.15, 0.2) is 90.6 Å². The van der Waals surface area contributed by atoms with Gasteiger partial charge in [-0.1, -0.05) is 54.6 Å². The van der Waals surface area contributed by atoms with Gasteiger partial charge >= 0.3 is 6.03 Å². The maximum atomic E-state index is 13.7. The summed E-state index contributed by atoms with van der Waals surface area (Å²) in [6.07, 6.45) is 3.34. The maximum absolute atomic E-state index is 13.7. The average Bonchev–Trinajstić information content (AvgIpc) is 3.14. The summed E-state index contributed by atoms with van der Waals surface area (Å²) in [7, 11) is 0. The number of urea groups is 1. The molecule has 3 aromatic carbocycles. The Morgan fingerprint density at radius 3 is 2.42 bits per heavy atom. The molecule has 0 bridgehead atoms. The van der Waals surface area contributed by atoms with E-state index in [1.165, 1.54) is 24.3 Å². The fourth-order valence-electron chi connectivity index (χ4n) is 3.96. The number of amides is 4. The molecule has 5 rings (SSSR count). The molecule has 0 unspecified atom stereocenters. The molecule has 1 aromatic heterocycles. The monoisotopic (exact) mass is 439 g/mol. The minimum Gasteiger partial charge on any atom is -0.342 e. The van der Waals surface area contributed by atoms with Gasteiger partial charge in [0.2, 0.25) is 0 Å². The first-order chi connectivity index (χ1) is 16.0. The van der Waals surface area contributed by atoms with E-state index in [2.05, 4.69) is 5.32 Å². The second-order valence-electron chi connectivity index (χ2n) is 7.65. The van der Waals surface area contributed by atoms with Crippen molar-refractivity contribution in [1.82, 2.24) is 9.88 Å². The van der Waals surface area contributed by atoms with Gasteiger partial charge < -0.3 is 4.57 Å². The van der Waals surface area contributed by atoms with Gasteiger partial charge in [0.25, 0.3) is 11.8 Å². The van der Waals surface area contributed by atoms with Crippen molar-refractivity contribution in [3.05, 3.63) is 108 Å². The third-order valence-electron chi connectivity index (χ3n) is 5.48. The summed E-state index contributed by atoms with van der Waals surface area (Å²) in [5, 5.41) is 3.03. The zero-order chi connectivity index (χ0) is 22.9. The molecule has 6 nitrogen and oxygen atoms in total. The summed E-state index contributed by atoms with van der Waals surface area (Å²) >= 11 is 0. The molecule has 4 aromatic rings. The lowest BCUT2D eigenvalue weighted by molar-refractivity contribution is -0.122. The number of anilines is 1. The number of nitrogens with one attached hydrogen (secondary N) is 1. The molecule has 2 heterocycles. The van der Waals surface area contributed by atoms with Gasteiger partial charge in [-0.15, -0.1) is 0 Å². The summed E-state index contributed by atoms with van der Waals surface area (Å²) < 4.78 is 15.7. The molecule has 1 aliphatic heterocycles. The van der Waals surface area contributed by atoms with Crippen LogP contribution in [-0.4, -0.2) is 22.4 Å². The molecule has 33 heavy (non-hydrogen) atoms. The Balaban J connectivity index is 1.58. The molecule has 1 N–H and O–H groups in total. The van der Waals surface area contributed by atoms with Crippen molar-refractivity contribution in [1.29, 1.82) is 0 Å². The van der Waals surface area contributed by atoms with E-state index in [9.17, 15) is 18.8 Å². The second kappa shape index (κ2) is 8.20. The highest BCUT2D eigenvalue weighted by Crippen LogP contribution is 2.27. The number of fused-ring (bicyclic) bond motifs is 1. The molecule has 0 aliphatic carbocycles. The Kier molecular flexibility index (Phi) is 5.06. The van der Waals surface area contributed by atoms with E-state index in [-0.39, 0.29) is 11.3 Å². The zero-order valence-corrected chi connectivity index (χ0v) is 17.4. The fraction of sp³-hybridized carbons (Fsp3) is 0.0385. The first-order valence-electron chi connectivity index (χ1n) is 10.3. The van der Waals surface area contributed by atoms with Crippen LogP contribution in [-0.2, 0) is 16.1 Å². The summed E-state index contributed by atoms with van der Waals surface area (Å²) in [5.74, 6) is -2.20. The zero-order valence-electron chi connectivity index (χ0n) is 17.4. The van der Waals surface area contributed by atoms with E-state index < -0.39 is 23.7 Å². The number of nitrogens with zero attached hydrogens (tertiary/aromatic N) is 2. The molecule has 4 amide bonds. The van der Waals surface area contributed by atoms with E-state index in [0.29, 0.717) is 12.1 Å². The molecule has 0 saturated carbocycles. The van der Waals surface area contributed by atoms with Gasteiger partial charge in [0.1, 0.15) is 11.4 Å². The molecule has 1 saturated heterocycles. The first-order valence-corrected chi connectivity index (χ1v) is 10.3. The Labute approximate surface area is 188 Å². The first kappa shape index (κ1) is 20.4. The van der Waals surface area contributed by atoms with Gasteiger partial charge in [0, 0.05) is 29.2 Å². The number of imide groups is 2. The van der Waals surface area contributed by atoms with Gasteiger partial charge in [-0.3, -0.25) is 14.9 Å². The van der Waals surface area contributed by atoms with Crippen LogP contribution in [0.3, 0.4) is 0 Å². The SMILES string of the molecule is O=C1NC(=O)N(c2cccc(F)c2)C(=O)C1=Cc1cn(Cc2ccccc2)c2ccccc12. The number of carbonyl (C=O) groups is 3. The van der Waals surface area contributed by atoms with Crippen molar-refractivity contribution in [2.45, 2.75) is 6.54 Å². The molecule has 0 atom stereocenters. The topological polar surface area (TPSA) is 71.4 Å². The molecular formula is C26H18FN3O3. The van der Waals surface area contributed by atoms with Crippen LogP contribution in [0.1, 0.15) is 11.1 Å². The van der Waals surface area contributed by atoms with Crippen LogP contribution in [0, 0.1) is 5.82 Å². The lowest BCUT2D eigenvalue weighted by Crippen LogP contribution is -2.54. The number of aromatic nitrogens is 1. The normalized spacial score (nSPS) is 15.4. The molecular weight excluding hydrogens is 421 g/mol. The van der Waals surface area contributed by atoms with Gasteiger partial charge in [-0.25, -0.2) is 14.1 Å². The van der Waals surface area contributed by atoms with Crippen molar-refractivity contribution in [2.75, 3.05) is 4.90 Å². The summed E-state index contributed by atoms with van der Waals surface area (Å²) in [5.41, 5.74) is 2.54. The fourth-order valence-corrected chi connectivity index (χ4v) is 3.96. The lowest BCUT2D eigenvalue weighted by atomic mass is 10.1. The van der Waals surface area contributed by atoms with Crippen LogP contribution >= 0.6 is 0 Å².